The van der Waals surface area contributed by atoms with Gasteiger partial charge in [-0.15, -0.1) is 0 Å². The van der Waals surface area contributed by atoms with E-state index in [0.29, 0.717) is 12.2 Å². The molecule has 0 N–H and O–H groups in total. The monoisotopic (exact) mass is 220 g/mol. The van der Waals surface area contributed by atoms with Crippen molar-refractivity contribution in [3.05, 3.63) is 42.0 Å². The van der Waals surface area contributed by atoms with Crippen molar-refractivity contribution in [2.24, 2.45) is 0 Å². The van der Waals surface area contributed by atoms with Crippen molar-refractivity contribution >= 4 is 5.97 Å². The van der Waals surface area contributed by atoms with Gasteiger partial charge in [0.1, 0.15) is 19.0 Å². The fourth-order valence-electron chi connectivity index (χ4n) is 1.04. The molecule has 0 saturated heterocycles. The number of carbonyl (C=O) groups excluding carboxylic acids is 1. The van der Waals surface area contributed by atoms with Crippen LogP contribution in [-0.2, 0) is 9.53 Å². The third-order valence-electron chi connectivity index (χ3n) is 2.08. The van der Waals surface area contributed by atoms with Crippen molar-refractivity contribution in [2.75, 3.05) is 13.2 Å². The molecule has 0 saturated carbocycles. The highest BCUT2D eigenvalue weighted by Crippen LogP contribution is 2.07. The molecule has 0 spiro atoms. The van der Waals surface area contributed by atoms with Crippen LogP contribution < -0.4 is 4.74 Å². The van der Waals surface area contributed by atoms with Gasteiger partial charge in [0.2, 0.25) is 0 Å². The van der Waals surface area contributed by atoms with Crippen molar-refractivity contribution in [2.45, 2.75) is 13.8 Å². The highest BCUT2D eigenvalue weighted by atomic mass is 16.6. The van der Waals surface area contributed by atoms with E-state index in [1.807, 2.05) is 30.3 Å². The largest absolute Gasteiger partial charge is 0.490 e. The zero-order valence-corrected chi connectivity index (χ0v) is 9.60. The Morgan fingerprint density at radius 2 is 1.94 bits per heavy atom. The second-order valence-corrected chi connectivity index (χ2v) is 3.27. The smallest absolute Gasteiger partial charge is 0.333 e. The SMILES string of the molecule is CC=C(C)C(=O)OCCOc1ccccc1. The summed E-state index contributed by atoms with van der Waals surface area (Å²) in [5.41, 5.74) is 0.611. The number of allylic oxidation sites excluding steroid dienone is 1. The van der Waals surface area contributed by atoms with E-state index in [2.05, 4.69) is 0 Å². The van der Waals surface area contributed by atoms with Crippen LogP contribution in [0.4, 0.5) is 0 Å². The number of rotatable bonds is 5. The van der Waals surface area contributed by atoms with Gasteiger partial charge in [-0.1, -0.05) is 24.3 Å². The first-order chi connectivity index (χ1) is 7.74. The maximum Gasteiger partial charge on any atom is 0.333 e. The first-order valence-corrected chi connectivity index (χ1v) is 5.22. The average molecular weight is 220 g/mol. The number of carbonyl (C=O) groups is 1. The molecule has 0 aliphatic carbocycles. The van der Waals surface area contributed by atoms with Crippen molar-refractivity contribution in [3.8, 4) is 5.75 Å². The van der Waals surface area contributed by atoms with Crippen LogP contribution in [0.1, 0.15) is 13.8 Å². The van der Waals surface area contributed by atoms with Crippen LogP contribution in [0.25, 0.3) is 0 Å². The third kappa shape index (κ3) is 4.17. The zero-order chi connectivity index (χ0) is 11.8. The van der Waals surface area contributed by atoms with Crippen LogP contribution in [-0.4, -0.2) is 19.2 Å². The molecule has 0 bridgehead atoms. The summed E-state index contributed by atoms with van der Waals surface area (Å²) in [6.45, 7) is 4.16. The maximum atomic E-state index is 11.2. The normalized spacial score (nSPS) is 11.0. The summed E-state index contributed by atoms with van der Waals surface area (Å²) in [6.07, 6.45) is 1.72. The van der Waals surface area contributed by atoms with Crippen molar-refractivity contribution in [1.29, 1.82) is 0 Å². The van der Waals surface area contributed by atoms with E-state index >= 15 is 0 Å². The standard InChI is InChI=1S/C13H16O3/c1-3-11(2)13(14)16-10-9-15-12-7-5-4-6-8-12/h3-8H,9-10H2,1-2H3. The highest BCUT2D eigenvalue weighted by molar-refractivity contribution is 5.87. The van der Waals surface area contributed by atoms with E-state index in [0.717, 1.165) is 5.75 Å². The van der Waals surface area contributed by atoms with Crippen LogP contribution >= 0.6 is 0 Å². The molecule has 0 atom stereocenters. The maximum absolute atomic E-state index is 11.2. The van der Waals surface area contributed by atoms with E-state index in [-0.39, 0.29) is 12.6 Å². The number of benzene rings is 1. The molecule has 0 fully saturated rings. The number of para-hydroxylation sites is 1. The Hall–Kier alpha value is -1.77. The van der Waals surface area contributed by atoms with Gasteiger partial charge in [0.05, 0.1) is 0 Å². The molecule has 0 amide bonds. The topological polar surface area (TPSA) is 35.5 Å². The van der Waals surface area contributed by atoms with Gasteiger partial charge in [0, 0.05) is 5.57 Å². The second-order valence-electron chi connectivity index (χ2n) is 3.27. The Kier molecular flexibility index (Phi) is 5.12. The minimum Gasteiger partial charge on any atom is -0.490 e. The first-order valence-electron chi connectivity index (χ1n) is 5.22. The third-order valence-corrected chi connectivity index (χ3v) is 2.08. The molecule has 1 rings (SSSR count). The lowest BCUT2D eigenvalue weighted by Gasteiger charge is -2.07. The van der Waals surface area contributed by atoms with Crippen LogP contribution in [0, 0.1) is 0 Å². The van der Waals surface area contributed by atoms with E-state index in [4.69, 9.17) is 9.47 Å². The molecule has 3 heteroatoms. The molecule has 16 heavy (non-hydrogen) atoms. The molecule has 0 aliphatic rings. The van der Waals surface area contributed by atoms with Crippen molar-refractivity contribution in [1.82, 2.24) is 0 Å². The second kappa shape index (κ2) is 6.67. The van der Waals surface area contributed by atoms with E-state index in [1.54, 1.807) is 19.9 Å². The first kappa shape index (κ1) is 12.3. The molecule has 0 heterocycles. The molecule has 1 aromatic carbocycles. The van der Waals surface area contributed by atoms with Crippen molar-refractivity contribution in [3.63, 3.8) is 0 Å². The summed E-state index contributed by atoms with van der Waals surface area (Å²) in [5.74, 6) is 0.487. The number of hydrogen-bond acceptors (Lipinski definition) is 3. The summed E-state index contributed by atoms with van der Waals surface area (Å²) in [6, 6.07) is 9.43. The summed E-state index contributed by atoms with van der Waals surface area (Å²) in [5, 5.41) is 0. The molecular weight excluding hydrogens is 204 g/mol. The van der Waals surface area contributed by atoms with Gasteiger partial charge in [0.25, 0.3) is 0 Å². The van der Waals surface area contributed by atoms with E-state index in [1.165, 1.54) is 0 Å². The summed E-state index contributed by atoms with van der Waals surface area (Å²) in [7, 11) is 0. The Morgan fingerprint density at radius 1 is 1.25 bits per heavy atom. The van der Waals surface area contributed by atoms with Gasteiger partial charge in [-0.2, -0.15) is 0 Å². The molecule has 0 aliphatic heterocycles. The number of esters is 1. The van der Waals surface area contributed by atoms with Gasteiger partial charge in [-0.25, -0.2) is 4.79 Å². The Morgan fingerprint density at radius 3 is 2.56 bits per heavy atom. The molecule has 0 radical (unpaired) electrons. The lowest BCUT2D eigenvalue weighted by Crippen LogP contribution is -2.12. The fraction of sp³-hybridized carbons (Fsp3) is 0.308. The number of hydrogen-bond donors (Lipinski definition) is 0. The van der Waals surface area contributed by atoms with Crippen LogP contribution in [0.15, 0.2) is 42.0 Å². The highest BCUT2D eigenvalue weighted by Gasteiger charge is 2.03. The predicted octanol–water partition coefficient (Wildman–Crippen LogP) is 2.57. The van der Waals surface area contributed by atoms with E-state index in [9.17, 15) is 4.79 Å². The molecular formula is C13H16O3. The Bertz CT molecular complexity index is 355. The number of ether oxygens (including phenoxy) is 2. The molecule has 86 valence electrons. The van der Waals surface area contributed by atoms with Crippen LogP contribution in [0.5, 0.6) is 5.75 Å². The van der Waals surface area contributed by atoms with Gasteiger partial charge >= 0.3 is 5.97 Å². The Labute approximate surface area is 95.7 Å². The van der Waals surface area contributed by atoms with Crippen LogP contribution in [0.3, 0.4) is 0 Å². The summed E-state index contributed by atoms with van der Waals surface area (Å²) >= 11 is 0. The predicted molar refractivity (Wildman–Crippen MR) is 62.3 cm³/mol. The minimum absolute atomic E-state index is 0.263. The van der Waals surface area contributed by atoms with Gasteiger partial charge < -0.3 is 9.47 Å². The molecule has 0 aromatic heterocycles. The summed E-state index contributed by atoms with van der Waals surface area (Å²) in [4.78, 5) is 11.2. The lowest BCUT2D eigenvalue weighted by atomic mass is 10.3. The summed E-state index contributed by atoms with van der Waals surface area (Å²) < 4.78 is 10.4. The Balaban J connectivity index is 2.20. The van der Waals surface area contributed by atoms with Gasteiger partial charge in [-0.05, 0) is 26.0 Å². The zero-order valence-electron chi connectivity index (χ0n) is 9.60. The van der Waals surface area contributed by atoms with Gasteiger partial charge in [0.15, 0.2) is 0 Å². The molecule has 3 nitrogen and oxygen atoms in total. The van der Waals surface area contributed by atoms with E-state index < -0.39 is 0 Å². The minimum atomic E-state index is -0.292. The molecule has 0 unspecified atom stereocenters. The quantitative estimate of drug-likeness (QED) is 0.434. The van der Waals surface area contributed by atoms with Gasteiger partial charge in [-0.3, -0.25) is 0 Å². The fourth-order valence-corrected chi connectivity index (χ4v) is 1.04. The van der Waals surface area contributed by atoms with Crippen molar-refractivity contribution < 1.29 is 14.3 Å². The van der Waals surface area contributed by atoms with Crippen LogP contribution in [0.2, 0.25) is 0 Å². The average Bonchev–Trinajstić information content (AvgIpc) is 2.34. The molecule has 1 aromatic rings. The lowest BCUT2D eigenvalue weighted by molar-refractivity contribution is -0.139.